The molecule has 2 aromatic rings. The number of hydrogen-bond acceptors (Lipinski definition) is 4. The maximum Gasteiger partial charge on any atom is 0.317 e. The summed E-state index contributed by atoms with van der Waals surface area (Å²) < 4.78 is 18.3. The number of benzene rings is 1. The van der Waals surface area contributed by atoms with Crippen LogP contribution in [0.2, 0.25) is 0 Å². The fraction of sp³-hybridized carbons (Fsp3) is 0.182. The van der Waals surface area contributed by atoms with Crippen LogP contribution in [0.4, 0.5) is 0 Å². The van der Waals surface area contributed by atoms with E-state index in [2.05, 4.69) is 62.9 Å². The lowest BCUT2D eigenvalue weighted by Crippen LogP contribution is -1.79. The molecule has 0 aliphatic heterocycles. The molecule has 0 aliphatic carbocycles. The minimum Gasteiger partial charge on any atom is -0.242 e. The third kappa shape index (κ3) is 6.35. The van der Waals surface area contributed by atoms with Gasteiger partial charge in [-0.15, -0.1) is 11.3 Å². The molecule has 0 spiro atoms. The van der Waals surface area contributed by atoms with Gasteiger partial charge in [0.25, 0.3) is 0 Å². The van der Waals surface area contributed by atoms with Gasteiger partial charge in [0.15, 0.2) is 0 Å². The van der Waals surface area contributed by atoms with Crippen molar-refractivity contribution in [3.8, 4) is 11.3 Å². The number of aromatic nitrogens is 1. The van der Waals surface area contributed by atoms with Gasteiger partial charge >= 0.3 is 8.26 Å². The van der Waals surface area contributed by atoms with Crippen LogP contribution < -0.4 is 0 Å². The molecule has 2 rings (SSSR count). The molecule has 0 atom stereocenters. The van der Waals surface area contributed by atoms with Gasteiger partial charge in [0.1, 0.15) is 0 Å². The lowest BCUT2D eigenvalue weighted by atomic mass is 10.1. The molecule has 0 saturated carbocycles. The van der Waals surface area contributed by atoms with E-state index >= 15 is 0 Å². The number of aryl methyl sites for hydroxylation is 2. The van der Waals surface area contributed by atoms with Crippen LogP contribution in [0.15, 0.2) is 29.6 Å². The summed E-state index contributed by atoms with van der Waals surface area (Å²) in [5.41, 5.74) is 3.58. The molecule has 18 heavy (non-hydrogen) atoms. The summed E-state index contributed by atoms with van der Waals surface area (Å²) in [5.74, 6) is 0. The van der Waals surface area contributed by atoms with Crippen LogP contribution in [-0.4, -0.2) is 13.4 Å². The Morgan fingerprint density at radius 3 is 2.28 bits per heavy atom. The standard InChI is InChI=1S/C11H11NS.Cl2O2S/c1-8-4-3-5-10(6-8)11-7-13-9(2)12-11;1-5(2,3)4/h3-7H,1-2H3;. The fourth-order valence-electron chi connectivity index (χ4n) is 1.30. The van der Waals surface area contributed by atoms with Crippen molar-refractivity contribution in [2.45, 2.75) is 13.8 Å². The van der Waals surface area contributed by atoms with Gasteiger partial charge in [0.2, 0.25) is 0 Å². The summed E-state index contributed by atoms with van der Waals surface area (Å²) in [5, 5.41) is 3.22. The van der Waals surface area contributed by atoms with Gasteiger partial charge in [0, 0.05) is 32.3 Å². The quantitative estimate of drug-likeness (QED) is 0.741. The Hall–Kier alpha value is -0.620. The lowest BCUT2D eigenvalue weighted by molar-refractivity contribution is 0.621. The Bertz CT molecular complexity index is 615. The van der Waals surface area contributed by atoms with Crippen molar-refractivity contribution < 1.29 is 8.42 Å². The molecule has 98 valence electrons. The molecule has 0 amide bonds. The van der Waals surface area contributed by atoms with Crippen LogP contribution >= 0.6 is 32.7 Å². The Kier molecular flexibility index (Phi) is 5.59. The molecule has 0 radical (unpaired) electrons. The number of thiazole rings is 1. The molecular formula is C11H11Cl2NO2S2. The van der Waals surface area contributed by atoms with E-state index in [0.29, 0.717) is 0 Å². The van der Waals surface area contributed by atoms with Gasteiger partial charge in [0.05, 0.1) is 10.7 Å². The highest BCUT2D eigenvalue weighted by molar-refractivity contribution is 8.31. The first-order chi connectivity index (χ1) is 8.25. The highest BCUT2D eigenvalue weighted by atomic mass is 36.0. The van der Waals surface area contributed by atoms with Crippen LogP contribution in [0.25, 0.3) is 11.3 Å². The number of hydrogen-bond donors (Lipinski definition) is 0. The van der Waals surface area contributed by atoms with Gasteiger partial charge in [-0.05, 0) is 19.9 Å². The molecule has 1 heterocycles. The molecule has 1 aromatic heterocycles. The SMILES string of the molecule is Cc1cccc(-c2csc(C)n2)c1.O=S(=O)(Cl)Cl. The van der Waals surface area contributed by atoms with E-state index in [0.717, 1.165) is 10.7 Å². The molecule has 0 fully saturated rings. The third-order valence-corrected chi connectivity index (χ3v) is 2.71. The van der Waals surface area contributed by atoms with Crippen molar-refractivity contribution >= 4 is 41.0 Å². The maximum atomic E-state index is 9.16. The summed E-state index contributed by atoms with van der Waals surface area (Å²) in [6.45, 7) is 4.13. The predicted molar refractivity (Wildman–Crippen MR) is 77.6 cm³/mol. The molecule has 3 nitrogen and oxygen atoms in total. The zero-order valence-corrected chi connectivity index (χ0v) is 12.9. The topological polar surface area (TPSA) is 47.0 Å². The van der Waals surface area contributed by atoms with Crippen LogP contribution in [0, 0.1) is 13.8 Å². The van der Waals surface area contributed by atoms with Crippen molar-refractivity contribution in [1.29, 1.82) is 0 Å². The molecule has 0 N–H and O–H groups in total. The van der Waals surface area contributed by atoms with Crippen LogP contribution in [-0.2, 0) is 8.26 Å². The highest BCUT2D eigenvalue weighted by Gasteiger charge is 2.00. The van der Waals surface area contributed by atoms with Crippen molar-refractivity contribution in [2.24, 2.45) is 0 Å². The number of rotatable bonds is 1. The molecule has 7 heteroatoms. The summed E-state index contributed by atoms with van der Waals surface area (Å²) in [4.78, 5) is 4.44. The third-order valence-electron chi connectivity index (χ3n) is 1.93. The minimum absolute atomic E-state index is 1.09. The second kappa shape index (κ2) is 6.52. The van der Waals surface area contributed by atoms with Crippen LogP contribution in [0.5, 0.6) is 0 Å². The normalized spacial score (nSPS) is 10.7. The summed E-state index contributed by atoms with van der Waals surface area (Å²) in [6.07, 6.45) is 0. The zero-order chi connectivity index (χ0) is 13.8. The van der Waals surface area contributed by atoms with E-state index in [4.69, 9.17) is 8.42 Å². The Morgan fingerprint density at radius 2 is 1.83 bits per heavy atom. The summed E-state index contributed by atoms with van der Waals surface area (Å²) >= 11 is 1.69. The van der Waals surface area contributed by atoms with Crippen LogP contribution in [0.3, 0.4) is 0 Å². The highest BCUT2D eigenvalue weighted by Crippen LogP contribution is 2.21. The summed E-state index contributed by atoms with van der Waals surface area (Å²) in [7, 11) is 4.81. The number of nitrogens with zero attached hydrogens (tertiary/aromatic N) is 1. The van der Waals surface area contributed by atoms with Gasteiger partial charge in [-0.2, -0.15) is 8.42 Å². The maximum absolute atomic E-state index is 9.16. The molecule has 1 aromatic carbocycles. The van der Waals surface area contributed by atoms with Crippen molar-refractivity contribution in [3.05, 3.63) is 40.2 Å². The van der Waals surface area contributed by atoms with E-state index in [9.17, 15) is 0 Å². The average molecular weight is 324 g/mol. The Labute approximate surface area is 119 Å². The van der Waals surface area contributed by atoms with Crippen LogP contribution in [0.1, 0.15) is 10.6 Å². The summed E-state index contributed by atoms with van der Waals surface area (Å²) in [6, 6.07) is 8.43. The fourth-order valence-corrected chi connectivity index (χ4v) is 1.92. The van der Waals surface area contributed by atoms with E-state index in [1.165, 1.54) is 11.1 Å². The Balaban J connectivity index is 0.000000280. The monoisotopic (exact) mass is 323 g/mol. The molecule has 0 saturated heterocycles. The first-order valence-electron chi connectivity index (χ1n) is 4.89. The molecule has 0 bridgehead atoms. The van der Waals surface area contributed by atoms with Gasteiger partial charge in [-0.3, -0.25) is 0 Å². The van der Waals surface area contributed by atoms with E-state index in [1.807, 2.05) is 6.92 Å². The lowest BCUT2D eigenvalue weighted by Gasteiger charge is -1.97. The van der Waals surface area contributed by atoms with Gasteiger partial charge < -0.3 is 0 Å². The van der Waals surface area contributed by atoms with Crippen molar-refractivity contribution in [1.82, 2.24) is 4.98 Å². The predicted octanol–water partition coefficient (Wildman–Crippen LogP) is 4.14. The molecular weight excluding hydrogens is 313 g/mol. The van der Waals surface area contributed by atoms with Gasteiger partial charge in [-0.25, -0.2) is 4.98 Å². The Morgan fingerprint density at radius 1 is 1.22 bits per heavy atom. The second-order valence-corrected chi connectivity index (χ2v) is 8.23. The van der Waals surface area contributed by atoms with E-state index in [1.54, 1.807) is 11.3 Å². The second-order valence-electron chi connectivity index (χ2n) is 3.50. The van der Waals surface area contributed by atoms with Gasteiger partial charge in [-0.1, -0.05) is 23.8 Å². The van der Waals surface area contributed by atoms with E-state index < -0.39 is 8.26 Å². The largest absolute Gasteiger partial charge is 0.317 e. The zero-order valence-electron chi connectivity index (χ0n) is 9.72. The first-order valence-corrected chi connectivity index (χ1v) is 8.90. The van der Waals surface area contributed by atoms with E-state index in [-0.39, 0.29) is 0 Å². The smallest absolute Gasteiger partial charge is 0.242 e. The first kappa shape index (κ1) is 15.4. The molecule has 0 aliphatic rings. The molecule has 0 unspecified atom stereocenters. The van der Waals surface area contributed by atoms with Crippen molar-refractivity contribution in [3.63, 3.8) is 0 Å². The minimum atomic E-state index is -3.72. The number of halogens is 2. The average Bonchev–Trinajstić information content (AvgIpc) is 2.62. The van der Waals surface area contributed by atoms with Crippen molar-refractivity contribution in [2.75, 3.05) is 0 Å².